The highest BCUT2D eigenvalue weighted by Gasteiger charge is 2.52. The van der Waals surface area contributed by atoms with Crippen LogP contribution in [0.1, 0.15) is 46.0 Å². The lowest BCUT2D eigenvalue weighted by atomic mass is 9.54. The van der Waals surface area contributed by atoms with Gasteiger partial charge in [-0.05, 0) is 75.7 Å². The number of nitro benzene ring substituents is 1. The molecule has 1 amide bonds. The van der Waals surface area contributed by atoms with E-state index in [0.717, 1.165) is 11.8 Å². The number of nitrogens with zero attached hydrogens (tertiary/aromatic N) is 2. The van der Waals surface area contributed by atoms with E-state index in [-0.39, 0.29) is 17.6 Å². The Bertz CT molecular complexity index is 733. The van der Waals surface area contributed by atoms with Crippen LogP contribution in [0.3, 0.4) is 0 Å². The highest BCUT2D eigenvalue weighted by Crippen LogP contribution is 2.55. The summed E-state index contributed by atoms with van der Waals surface area (Å²) in [4.78, 5) is 24.4. The first kappa shape index (κ1) is 18.7. The van der Waals surface area contributed by atoms with E-state index < -0.39 is 9.25 Å². The van der Waals surface area contributed by atoms with Crippen LogP contribution in [0.5, 0.6) is 0 Å². The monoisotopic (exact) mass is 435 g/mol. The summed E-state index contributed by atoms with van der Waals surface area (Å²) in [5.74, 6) is 2.48. The molecule has 7 heteroatoms. The fraction of sp³-hybridized carbons (Fsp3) is 0.650. The fourth-order valence-corrected chi connectivity index (χ4v) is 5.91. The molecule has 5 rings (SSSR count). The van der Waals surface area contributed by atoms with Crippen molar-refractivity contribution < 1.29 is 9.72 Å². The molecule has 27 heavy (non-hydrogen) atoms. The second kappa shape index (κ2) is 6.76. The maximum absolute atomic E-state index is 13.3. The van der Waals surface area contributed by atoms with Gasteiger partial charge in [-0.1, -0.05) is 28.1 Å². The molecule has 0 radical (unpaired) electrons. The first-order valence-corrected chi connectivity index (χ1v) is 10.6. The number of amides is 1. The minimum absolute atomic E-state index is 0.00788. The van der Waals surface area contributed by atoms with E-state index in [9.17, 15) is 14.9 Å². The Labute approximate surface area is 167 Å². The molecule has 0 atom stereocenters. The molecule has 1 aromatic rings. The summed E-state index contributed by atoms with van der Waals surface area (Å²) in [5, 5.41) is 13.2. The number of hydrazine groups is 1. The van der Waals surface area contributed by atoms with Gasteiger partial charge in [0.05, 0.1) is 11.0 Å². The second-order valence-corrected chi connectivity index (χ2v) is 10.9. The standard InChI is InChI=1S/C20H26BrN3O3/c1-20(2,21)19(25)23(22-16-5-3-4-6-17(16)24(26)27)18-14-8-12-7-13(10-14)11-15(18)9-12/h3-6,12-15,18,22H,7-11H2,1-2H3. The maximum atomic E-state index is 13.3. The summed E-state index contributed by atoms with van der Waals surface area (Å²) < 4.78 is -0.738. The van der Waals surface area contributed by atoms with Gasteiger partial charge in [0.15, 0.2) is 0 Å². The van der Waals surface area contributed by atoms with E-state index in [4.69, 9.17) is 0 Å². The van der Waals surface area contributed by atoms with E-state index in [0.29, 0.717) is 17.5 Å². The van der Waals surface area contributed by atoms with Crippen LogP contribution in [0, 0.1) is 33.8 Å². The van der Waals surface area contributed by atoms with Crippen molar-refractivity contribution in [3.63, 3.8) is 0 Å². The number of rotatable bonds is 5. The van der Waals surface area contributed by atoms with Gasteiger partial charge in [-0.25, -0.2) is 0 Å². The molecule has 0 aromatic heterocycles. The Morgan fingerprint density at radius 1 is 1.15 bits per heavy atom. The van der Waals surface area contributed by atoms with E-state index in [2.05, 4.69) is 21.4 Å². The molecule has 6 nitrogen and oxygen atoms in total. The Kier molecular flexibility index (Phi) is 4.69. The number of benzene rings is 1. The van der Waals surface area contributed by atoms with Gasteiger partial charge in [-0.15, -0.1) is 0 Å². The van der Waals surface area contributed by atoms with Crippen LogP contribution in [0.15, 0.2) is 24.3 Å². The molecule has 4 bridgehead atoms. The molecule has 4 saturated carbocycles. The van der Waals surface area contributed by atoms with Crippen LogP contribution in [-0.4, -0.2) is 26.2 Å². The van der Waals surface area contributed by atoms with Crippen LogP contribution in [0.25, 0.3) is 0 Å². The predicted octanol–water partition coefficient (Wildman–Crippen LogP) is 4.75. The maximum Gasteiger partial charge on any atom is 0.294 e. The van der Waals surface area contributed by atoms with Gasteiger partial charge in [0.2, 0.25) is 0 Å². The Balaban J connectivity index is 1.69. The second-order valence-electron chi connectivity index (χ2n) is 8.95. The summed E-state index contributed by atoms with van der Waals surface area (Å²) in [6.45, 7) is 3.67. The molecule has 4 aliphatic carbocycles. The lowest BCUT2D eigenvalue weighted by Crippen LogP contribution is -2.61. The molecule has 146 valence electrons. The Morgan fingerprint density at radius 2 is 1.70 bits per heavy atom. The van der Waals surface area contributed by atoms with Gasteiger partial charge < -0.3 is 0 Å². The summed E-state index contributed by atoms with van der Waals surface area (Å²) >= 11 is 3.51. The normalized spacial score (nSPS) is 31.6. The number of anilines is 1. The van der Waals surface area contributed by atoms with E-state index >= 15 is 0 Å². The van der Waals surface area contributed by atoms with E-state index in [1.807, 2.05) is 13.8 Å². The molecule has 0 unspecified atom stereocenters. The minimum Gasteiger partial charge on any atom is -0.289 e. The van der Waals surface area contributed by atoms with Crippen LogP contribution < -0.4 is 5.43 Å². The zero-order valence-corrected chi connectivity index (χ0v) is 17.3. The van der Waals surface area contributed by atoms with Crippen LogP contribution in [0.2, 0.25) is 0 Å². The fourth-order valence-electron chi connectivity index (χ4n) is 5.72. The number of nitro groups is 1. The van der Waals surface area contributed by atoms with Crippen molar-refractivity contribution in [3.05, 3.63) is 34.4 Å². The van der Waals surface area contributed by atoms with E-state index in [1.54, 1.807) is 23.2 Å². The van der Waals surface area contributed by atoms with Gasteiger partial charge in [-0.2, -0.15) is 0 Å². The third-order valence-electron chi connectivity index (χ3n) is 6.54. The number of alkyl halides is 1. The summed E-state index contributed by atoms with van der Waals surface area (Å²) in [6, 6.07) is 6.65. The molecule has 0 heterocycles. The molecule has 0 saturated heterocycles. The lowest BCUT2D eigenvalue weighted by molar-refractivity contribution is -0.384. The van der Waals surface area contributed by atoms with Crippen LogP contribution in [0.4, 0.5) is 11.4 Å². The molecule has 4 aliphatic rings. The highest BCUT2D eigenvalue weighted by atomic mass is 79.9. The molecular weight excluding hydrogens is 410 g/mol. The number of hydrogen-bond acceptors (Lipinski definition) is 4. The summed E-state index contributed by atoms with van der Waals surface area (Å²) in [6.07, 6.45) is 6.02. The van der Waals surface area contributed by atoms with Gasteiger partial charge >= 0.3 is 0 Å². The van der Waals surface area contributed by atoms with Crippen LogP contribution in [-0.2, 0) is 4.79 Å². The number of carbonyl (C=O) groups excluding carboxylic acids is 1. The molecule has 4 fully saturated rings. The van der Waals surface area contributed by atoms with Gasteiger partial charge in [-0.3, -0.25) is 25.3 Å². The molecule has 1 N–H and O–H groups in total. The van der Waals surface area contributed by atoms with Gasteiger partial charge in [0.1, 0.15) is 10.0 Å². The highest BCUT2D eigenvalue weighted by molar-refractivity contribution is 9.10. The average Bonchev–Trinajstić information content (AvgIpc) is 2.58. The Morgan fingerprint density at radius 3 is 2.22 bits per heavy atom. The molecule has 0 aliphatic heterocycles. The van der Waals surface area contributed by atoms with Gasteiger partial charge in [0.25, 0.3) is 11.6 Å². The van der Waals surface area contributed by atoms with Crippen molar-refractivity contribution in [2.75, 3.05) is 5.43 Å². The first-order valence-electron chi connectivity index (χ1n) is 9.76. The Hall–Kier alpha value is -1.63. The van der Waals surface area contributed by atoms with Crippen molar-refractivity contribution in [2.24, 2.45) is 23.7 Å². The molecule has 0 spiro atoms. The summed E-state index contributed by atoms with van der Waals surface area (Å²) in [7, 11) is 0. The van der Waals surface area contributed by atoms with Crippen molar-refractivity contribution in [2.45, 2.75) is 56.3 Å². The predicted molar refractivity (Wildman–Crippen MR) is 107 cm³/mol. The third-order valence-corrected chi connectivity index (χ3v) is 6.88. The van der Waals surface area contributed by atoms with Crippen molar-refractivity contribution in [1.82, 2.24) is 5.01 Å². The summed E-state index contributed by atoms with van der Waals surface area (Å²) in [5.41, 5.74) is 3.54. The number of para-hydroxylation sites is 2. The topological polar surface area (TPSA) is 75.5 Å². The van der Waals surface area contributed by atoms with Crippen molar-refractivity contribution in [1.29, 1.82) is 0 Å². The lowest BCUT2D eigenvalue weighted by Gasteiger charge is -2.57. The van der Waals surface area contributed by atoms with Crippen molar-refractivity contribution in [3.8, 4) is 0 Å². The number of nitrogens with one attached hydrogen (secondary N) is 1. The number of hydrogen-bond donors (Lipinski definition) is 1. The first-order chi connectivity index (χ1) is 12.7. The third kappa shape index (κ3) is 3.46. The number of halogens is 1. The molecular formula is C20H26BrN3O3. The van der Waals surface area contributed by atoms with Crippen molar-refractivity contribution >= 4 is 33.2 Å². The SMILES string of the molecule is CC(C)(Br)C(=O)N(Nc1ccccc1[N+](=O)[O-])C1C2CC3CC(C2)CC1C3. The van der Waals surface area contributed by atoms with Crippen LogP contribution >= 0.6 is 15.9 Å². The quantitative estimate of drug-likeness (QED) is 0.411. The average molecular weight is 436 g/mol. The molecule has 1 aromatic carbocycles. The smallest absolute Gasteiger partial charge is 0.289 e. The van der Waals surface area contributed by atoms with Gasteiger partial charge in [0, 0.05) is 6.07 Å². The van der Waals surface area contributed by atoms with E-state index in [1.165, 1.54) is 38.2 Å². The zero-order valence-electron chi connectivity index (χ0n) is 15.7. The largest absolute Gasteiger partial charge is 0.294 e. The zero-order chi connectivity index (χ0) is 19.3. The number of carbonyl (C=O) groups is 1. The minimum atomic E-state index is -0.738.